The van der Waals surface area contributed by atoms with E-state index in [2.05, 4.69) is 5.32 Å². The molecule has 31 heavy (non-hydrogen) atoms. The van der Waals surface area contributed by atoms with Crippen LogP contribution >= 0.6 is 0 Å². The van der Waals surface area contributed by atoms with Gasteiger partial charge in [-0.15, -0.1) is 0 Å². The molecule has 4 N–H and O–H groups in total. The molecule has 1 aromatic rings. The van der Waals surface area contributed by atoms with Crippen molar-refractivity contribution < 1.29 is 24.9 Å². The van der Waals surface area contributed by atoms with Crippen LogP contribution in [0.2, 0.25) is 0 Å². The van der Waals surface area contributed by atoms with Crippen LogP contribution in [0.5, 0.6) is 5.75 Å². The van der Waals surface area contributed by atoms with Crippen molar-refractivity contribution in [2.45, 2.75) is 63.8 Å². The zero-order chi connectivity index (χ0) is 22.5. The zero-order valence-electron chi connectivity index (χ0n) is 18.4. The molecule has 6 heteroatoms. The van der Waals surface area contributed by atoms with Gasteiger partial charge < -0.3 is 25.4 Å². The number of hydrogen-bond donors (Lipinski definition) is 4. The highest BCUT2D eigenvalue weighted by molar-refractivity contribution is 5.75. The summed E-state index contributed by atoms with van der Waals surface area (Å²) in [5, 5.41) is 33.7. The number of allylic oxidation sites excluding steroid dienone is 2. The molecule has 1 fully saturated rings. The van der Waals surface area contributed by atoms with E-state index in [9.17, 15) is 20.1 Å². The Hall–Kier alpha value is -2.15. The van der Waals surface area contributed by atoms with Crippen LogP contribution in [0.4, 0.5) is 0 Å². The van der Waals surface area contributed by atoms with Crippen molar-refractivity contribution in [3.63, 3.8) is 0 Å². The van der Waals surface area contributed by atoms with Crippen molar-refractivity contribution >= 4 is 5.91 Å². The van der Waals surface area contributed by atoms with Gasteiger partial charge in [-0.2, -0.15) is 0 Å². The van der Waals surface area contributed by atoms with Gasteiger partial charge in [0.25, 0.3) is 0 Å². The van der Waals surface area contributed by atoms with Gasteiger partial charge in [0.2, 0.25) is 5.91 Å². The lowest BCUT2D eigenvalue weighted by Gasteiger charge is -2.19. The molecular weight excluding hydrogens is 394 g/mol. The Morgan fingerprint density at radius 2 is 2.00 bits per heavy atom. The van der Waals surface area contributed by atoms with Gasteiger partial charge in [0.1, 0.15) is 5.75 Å². The Morgan fingerprint density at radius 3 is 2.74 bits per heavy atom. The fourth-order valence-corrected chi connectivity index (χ4v) is 3.91. The summed E-state index contributed by atoms with van der Waals surface area (Å²) in [4.78, 5) is 11.4. The molecule has 172 valence electrons. The third-order valence-corrected chi connectivity index (χ3v) is 5.62. The Balaban J connectivity index is 1.74. The predicted molar refractivity (Wildman–Crippen MR) is 122 cm³/mol. The van der Waals surface area contributed by atoms with Crippen LogP contribution < -0.4 is 10.1 Å². The van der Waals surface area contributed by atoms with E-state index in [0.29, 0.717) is 38.8 Å². The number of hydrogen-bond acceptors (Lipinski definition) is 5. The van der Waals surface area contributed by atoms with Crippen molar-refractivity contribution in [2.24, 2.45) is 11.8 Å². The number of rotatable bonds is 13. The quantitative estimate of drug-likeness (QED) is 0.284. The van der Waals surface area contributed by atoms with Crippen LogP contribution in [0.1, 0.15) is 45.4 Å². The molecule has 0 radical (unpaired) electrons. The molecule has 0 heterocycles. The molecule has 1 aliphatic carbocycles. The van der Waals surface area contributed by atoms with Gasteiger partial charge in [0.15, 0.2) is 0 Å². The smallest absolute Gasteiger partial charge is 0.219 e. The van der Waals surface area contributed by atoms with Gasteiger partial charge in [0.05, 0.1) is 24.9 Å². The Morgan fingerprint density at radius 1 is 1.23 bits per heavy atom. The summed E-state index contributed by atoms with van der Waals surface area (Å²) in [5.41, 5.74) is 0. The summed E-state index contributed by atoms with van der Waals surface area (Å²) in [6, 6.07) is 9.46. The lowest BCUT2D eigenvalue weighted by Crippen LogP contribution is -2.21. The van der Waals surface area contributed by atoms with E-state index < -0.39 is 18.3 Å². The first kappa shape index (κ1) is 25.1. The van der Waals surface area contributed by atoms with Crippen molar-refractivity contribution in [1.82, 2.24) is 5.32 Å². The maximum Gasteiger partial charge on any atom is 0.219 e. The minimum atomic E-state index is -0.667. The van der Waals surface area contributed by atoms with Gasteiger partial charge in [-0.1, -0.05) is 42.5 Å². The van der Waals surface area contributed by atoms with E-state index in [1.54, 1.807) is 6.08 Å². The number of amides is 1. The van der Waals surface area contributed by atoms with Gasteiger partial charge >= 0.3 is 0 Å². The summed E-state index contributed by atoms with van der Waals surface area (Å²) in [6.07, 6.45) is 9.30. The number of unbranched alkanes of at least 4 members (excludes halogenated alkanes) is 1. The van der Waals surface area contributed by atoms with Crippen LogP contribution in [0.15, 0.2) is 54.6 Å². The molecule has 5 atom stereocenters. The molecule has 2 rings (SSSR count). The molecule has 0 aromatic heterocycles. The van der Waals surface area contributed by atoms with E-state index in [4.69, 9.17) is 4.74 Å². The second-order valence-corrected chi connectivity index (χ2v) is 8.07. The first-order valence-corrected chi connectivity index (χ1v) is 11.3. The Labute approximate surface area is 185 Å². The number of aliphatic hydroxyl groups excluding tert-OH is 3. The molecular formula is C25H37NO5. The normalized spacial score (nSPS) is 24.6. The monoisotopic (exact) mass is 431 g/mol. The molecule has 0 spiro atoms. The highest BCUT2D eigenvalue weighted by Gasteiger charge is 2.39. The molecule has 1 saturated carbocycles. The van der Waals surface area contributed by atoms with Crippen LogP contribution in [0.3, 0.4) is 0 Å². The first-order chi connectivity index (χ1) is 15.0. The largest absolute Gasteiger partial charge is 0.493 e. The molecule has 1 amide bonds. The topological polar surface area (TPSA) is 99.0 Å². The zero-order valence-corrected chi connectivity index (χ0v) is 18.4. The SMILES string of the molecule is CCNC(=O)CCCC=CC[C@@H]1[C@@H](C=C[C@@H](O)CCOc2ccccc2)[C@H](O)C[C@@H]1O. The lowest BCUT2D eigenvalue weighted by molar-refractivity contribution is -0.121. The Kier molecular flexibility index (Phi) is 11.4. The van der Waals surface area contributed by atoms with Gasteiger partial charge in [0, 0.05) is 31.7 Å². The van der Waals surface area contributed by atoms with Gasteiger partial charge in [-0.3, -0.25) is 4.79 Å². The van der Waals surface area contributed by atoms with Crippen molar-refractivity contribution in [3.8, 4) is 5.75 Å². The molecule has 6 nitrogen and oxygen atoms in total. The van der Waals surface area contributed by atoms with Gasteiger partial charge in [-0.05, 0) is 44.2 Å². The van der Waals surface area contributed by atoms with Crippen LogP contribution in [0, 0.1) is 11.8 Å². The van der Waals surface area contributed by atoms with Crippen molar-refractivity contribution in [3.05, 3.63) is 54.6 Å². The average molecular weight is 432 g/mol. The van der Waals surface area contributed by atoms with Gasteiger partial charge in [-0.25, -0.2) is 0 Å². The third kappa shape index (κ3) is 9.25. The minimum Gasteiger partial charge on any atom is -0.493 e. The minimum absolute atomic E-state index is 0.0724. The number of ether oxygens (including phenoxy) is 1. The first-order valence-electron chi connectivity index (χ1n) is 11.3. The maximum atomic E-state index is 11.4. The molecule has 0 bridgehead atoms. The molecule has 1 aliphatic rings. The molecule has 0 saturated heterocycles. The molecule has 1 aromatic carbocycles. The number of aliphatic hydroxyl groups is 3. The summed E-state index contributed by atoms with van der Waals surface area (Å²) in [5.74, 6) is 0.562. The molecule has 0 unspecified atom stereocenters. The number of carbonyl (C=O) groups excluding carboxylic acids is 1. The van der Waals surface area contributed by atoms with Crippen LogP contribution in [-0.2, 0) is 4.79 Å². The van der Waals surface area contributed by atoms with Crippen molar-refractivity contribution in [1.29, 1.82) is 0 Å². The van der Waals surface area contributed by atoms with E-state index >= 15 is 0 Å². The maximum absolute atomic E-state index is 11.4. The van der Waals surface area contributed by atoms with E-state index in [-0.39, 0.29) is 17.7 Å². The summed E-state index contributed by atoms with van der Waals surface area (Å²) >= 11 is 0. The van der Waals surface area contributed by atoms with E-state index in [1.807, 2.05) is 55.5 Å². The summed E-state index contributed by atoms with van der Waals surface area (Å²) in [6.45, 7) is 2.95. The number of benzene rings is 1. The third-order valence-electron chi connectivity index (χ3n) is 5.62. The van der Waals surface area contributed by atoms with Crippen LogP contribution in [0.25, 0.3) is 0 Å². The second-order valence-electron chi connectivity index (χ2n) is 8.07. The Bertz CT molecular complexity index is 690. The highest BCUT2D eigenvalue weighted by Crippen LogP contribution is 2.36. The fourth-order valence-electron chi connectivity index (χ4n) is 3.91. The standard InChI is InChI=1S/C25H37NO5/c1-2-26-25(30)13-9-4-3-8-12-21-22(24(29)18-23(21)28)15-14-19(27)16-17-31-20-10-6-5-7-11-20/h3,5-8,10-11,14-15,19,21-24,27-29H,2,4,9,12-13,16-18H2,1H3,(H,26,30)/t19-,21-,22-,23+,24-/m1/s1. The highest BCUT2D eigenvalue weighted by atomic mass is 16.5. The second kappa shape index (κ2) is 14.0. The van der Waals surface area contributed by atoms with E-state index in [1.165, 1.54) is 0 Å². The number of para-hydroxylation sites is 1. The fraction of sp³-hybridized carbons (Fsp3) is 0.560. The number of carbonyl (C=O) groups is 1. The van der Waals surface area contributed by atoms with E-state index in [0.717, 1.165) is 18.6 Å². The molecule has 0 aliphatic heterocycles. The number of nitrogens with one attached hydrogen (secondary N) is 1. The predicted octanol–water partition coefficient (Wildman–Crippen LogP) is 2.98. The average Bonchev–Trinajstić information content (AvgIpc) is 3.02. The van der Waals surface area contributed by atoms with Crippen molar-refractivity contribution in [2.75, 3.05) is 13.2 Å². The van der Waals surface area contributed by atoms with Crippen LogP contribution in [-0.4, -0.2) is 52.7 Å². The lowest BCUT2D eigenvalue weighted by atomic mass is 9.89. The summed E-state index contributed by atoms with van der Waals surface area (Å²) < 4.78 is 5.60. The summed E-state index contributed by atoms with van der Waals surface area (Å²) in [7, 11) is 0.